The number of H-pyrrole nitrogens is 1. The molecule has 7 nitrogen and oxygen atoms in total. The van der Waals surface area contributed by atoms with E-state index in [0.29, 0.717) is 28.2 Å². The lowest BCUT2D eigenvalue weighted by molar-refractivity contribution is 0.102. The minimum absolute atomic E-state index is 0.00523. The molecule has 1 amide bonds. The monoisotopic (exact) mass is 403 g/mol. The van der Waals surface area contributed by atoms with E-state index in [1.165, 1.54) is 6.33 Å². The number of carbonyl (C=O) groups excluding carboxylic acids is 1. The zero-order valence-corrected chi connectivity index (χ0v) is 15.8. The Bertz CT molecular complexity index is 1330. The van der Waals surface area contributed by atoms with Crippen LogP contribution >= 0.6 is 11.6 Å². The first-order valence-electron chi connectivity index (χ1n) is 8.67. The normalized spacial score (nSPS) is 10.6. The first kappa shape index (κ1) is 18.5. The number of nitrogens with one attached hydrogen (secondary N) is 2. The van der Waals surface area contributed by atoms with Crippen molar-refractivity contribution in [2.45, 2.75) is 6.54 Å². The van der Waals surface area contributed by atoms with E-state index in [9.17, 15) is 14.9 Å². The van der Waals surface area contributed by atoms with Crippen LogP contribution in [0.4, 0.5) is 5.69 Å². The standard InChI is InChI=1S/C21H14ClN5O2/c22-17-4-2-1-3-13(17)10-27-11-14(9-23)16-7-15(5-6-19(16)27)26-21(29)18-8-20(28)25-12-24-18/h1-8,11-12H,10H2,(H,26,29)(H,24,25,28). The Morgan fingerprint density at radius 2 is 2.07 bits per heavy atom. The molecule has 0 unspecified atom stereocenters. The van der Waals surface area contributed by atoms with Crippen LogP contribution in [0.3, 0.4) is 0 Å². The smallest absolute Gasteiger partial charge is 0.274 e. The Balaban J connectivity index is 1.67. The third-order valence-corrected chi connectivity index (χ3v) is 4.84. The Morgan fingerprint density at radius 1 is 1.24 bits per heavy atom. The fourth-order valence-corrected chi connectivity index (χ4v) is 3.29. The lowest BCUT2D eigenvalue weighted by Gasteiger charge is -2.08. The number of nitriles is 1. The molecule has 0 atom stereocenters. The number of rotatable bonds is 4. The average molecular weight is 404 g/mol. The van der Waals surface area contributed by atoms with E-state index >= 15 is 0 Å². The molecule has 2 aromatic heterocycles. The first-order chi connectivity index (χ1) is 14.0. The molecule has 0 saturated carbocycles. The summed E-state index contributed by atoms with van der Waals surface area (Å²) in [5, 5.41) is 13.6. The lowest BCUT2D eigenvalue weighted by atomic mass is 10.1. The zero-order valence-electron chi connectivity index (χ0n) is 15.0. The fraction of sp³-hybridized carbons (Fsp3) is 0.0476. The molecule has 0 bridgehead atoms. The maximum atomic E-state index is 12.3. The van der Waals surface area contributed by atoms with Crippen molar-refractivity contribution in [2.75, 3.05) is 5.32 Å². The molecular formula is C21H14ClN5O2. The molecule has 0 radical (unpaired) electrons. The van der Waals surface area contributed by atoms with Gasteiger partial charge in [-0.15, -0.1) is 0 Å². The second kappa shape index (κ2) is 7.62. The first-order valence-corrected chi connectivity index (χ1v) is 9.05. The van der Waals surface area contributed by atoms with E-state index in [2.05, 4.69) is 21.4 Å². The molecule has 29 heavy (non-hydrogen) atoms. The largest absolute Gasteiger partial charge is 0.342 e. The SMILES string of the molecule is N#Cc1cn(Cc2ccccc2Cl)c2ccc(NC(=O)c3cc(=O)[nH]cn3)cc12. The van der Waals surface area contributed by atoms with Crippen LogP contribution in [0.1, 0.15) is 21.6 Å². The van der Waals surface area contributed by atoms with Crippen LogP contribution in [0, 0.1) is 11.3 Å². The molecule has 2 N–H and O–H groups in total. The van der Waals surface area contributed by atoms with E-state index in [1.807, 2.05) is 34.9 Å². The van der Waals surface area contributed by atoms with Gasteiger partial charge < -0.3 is 14.9 Å². The van der Waals surface area contributed by atoms with Crippen LogP contribution < -0.4 is 10.9 Å². The Labute approximate surface area is 170 Å². The number of aromatic amines is 1. The van der Waals surface area contributed by atoms with Crippen LogP contribution in [-0.4, -0.2) is 20.4 Å². The van der Waals surface area contributed by atoms with Crippen molar-refractivity contribution in [3.63, 3.8) is 0 Å². The second-order valence-corrected chi connectivity index (χ2v) is 6.76. The van der Waals surface area contributed by atoms with E-state index in [4.69, 9.17) is 11.6 Å². The van der Waals surface area contributed by atoms with Gasteiger partial charge in [-0.1, -0.05) is 29.8 Å². The van der Waals surface area contributed by atoms with E-state index in [-0.39, 0.29) is 5.69 Å². The zero-order chi connectivity index (χ0) is 20.4. The molecule has 2 heterocycles. The third-order valence-electron chi connectivity index (χ3n) is 4.47. The Hall–Kier alpha value is -3.89. The molecule has 2 aromatic carbocycles. The number of nitrogens with zero attached hydrogens (tertiary/aromatic N) is 3. The van der Waals surface area contributed by atoms with Gasteiger partial charge in [-0.05, 0) is 29.8 Å². The number of amides is 1. The minimum Gasteiger partial charge on any atom is -0.342 e. The minimum atomic E-state index is -0.510. The highest BCUT2D eigenvalue weighted by Crippen LogP contribution is 2.27. The van der Waals surface area contributed by atoms with Gasteiger partial charge >= 0.3 is 0 Å². The number of halogens is 1. The van der Waals surface area contributed by atoms with Gasteiger partial charge in [0.15, 0.2) is 0 Å². The number of fused-ring (bicyclic) bond motifs is 1. The number of anilines is 1. The number of benzene rings is 2. The molecule has 0 aliphatic rings. The van der Waals surface area contributed by atoms with E-state index in [1.54, 1.807) is 18.3 Å². The molecule has 4 rings (SSSR count). The predicted octanol–water partition coefficient (Wildman–Crippen LogP) is 3.55. The predicted molar refractivity (Wildman–Crippen MR) is 110 cm³/mol. The van der Waals surface area contributed by atoms with Gasteiger partial charge in [0.05, 0.1) is 11.9 Å². The van der Waals surface area contributed by atoms with Gasteiger partial charge in [0.1, 0.15) is 11.8 Å². The topological polar surface area (TPSA) is 104 Å². The second-order valence-electron chi connectivity index (χ2n) is 6.36. The third kappa shape index (κ3) is 3.74. The molecule has 0 aliphatic carbocycles. The highest BCUT2D eigenvalue weighted by molar-refractivity contribution is 6.31. The summed E-state index contributed by atoms with van der Waals surface area (Å²) in [5.41, 5.74) is 2.35. The Kier molecular flexibility index (Phi) is 4.85. The van der Waals surface area contributed by atoms with Gasteiger partial charge in [0.2, 0.25) is 0 Å². The lowest BCUT2D eigenvalue weighted by Crippen LogP contribution is -2.17. The summed E-state index contributed by atoms with van der Waals surface area (Å²) in [4.78, 5) is 29.9. The van der Waals surface area contributed by atoms with Crippen LogP contribution in [0.25, 0.3) is 10.9 Å². The summed E-state index contributed by atoms with van der Waals surface area (Å²) in [6.07, 6.45) is 2.93. The molecular weight excluding hydrogens is 390 g/mol. The highest BCUT2D eigenvalue weighted by Gasteiger charge is 2.13. The van der Waals surface area contributed by atoms with Crippen molar-refractivity contribution in [3.05, 3.63) is 93.3 Å². The Morgan fingerprint density at radius 3 is 2.83 bits per heavy atom. The van der Waals surface area contributed by atoms with Crippen LogP contribution in [0.2, 0.25) is 5.02 Å². The van der Waals surface area contributed by atoms with Crippen molar-refractivity contribution >= 4 is 34.1 Å². The fourth-order valence-electron chi connectivity index (χ4n) is 3.09. The summed E-state index contributed by atoms with van der Waals surface area (Å²) >= 11 is 6.26. The molecule has 0 saturated heterocycles. The number of aromatic nitrogens is 3. The van der Waals surface area contributed by atoms with Crippen molar-refractivity contribution in [1.82, 2.24) is 14.5 Å². The van der Waals surface area contributed by atoms with Gasteiger partial charge in [-0.25, -0.2) is 4.98 Å². The molecule has 0 aliphatic heterocycles. The number of hydrogen-bond acceptors (Lipinski definition) is 4. The van der Waals surface area contributed by atoms with Crippen LogP contribution in [-0.2, 0) is 6.54 Å². The summed E-state index contributed by atoms with van der Waals surface area (Å²) in [6, 6.07) is 16.1. The molecule has 0 fully saturated rings. The highest BCUT2D eigenvalue weighted by atomic mass is 35.5. The van der Waals surface area contributed by atoms with E-state index < -0.39 is 11.5 Å². The van der Waals surface area contributed by atoms with Crippen molar-refractivity contribution in [1.29, 1.82) is 5.26 Å². The summed E-state index contributed by atoms with van der Waals surface area (Å²) in [5.74, 6) is -0.510. The average Bonchev–Trinajstić information content (AvgIpc) is 3.06. The number of carbonyl (C=O) groups is 1. The maximum absolute atomic E-state index is 12.3. The molecule has 4 aromatic rings. The molecule has 8 heteroatoms. The summed E-state index contributed by atoms with van der Waals surface area (Å²) in [6.45, 7) is 0.514. The van der Waals surface area contributed by atoms with Crippen LogP contribution in [0.5, 0.6) is 0 Å². The maximum Gasteiger partial charge on any atom is 0.274 e. The van der Waals surface area contributed by atoms with Crippen LogP contribution in [0.15, 0.2) is 65.8 Å². The van der Waals surface area contributed by atoms with E-state index in [0.717, 1.165) is 17.1 Å². The molecule has 142 valence electrons. The summed E-state index contributed by atoms with van der Waals surface area (Å²) < 4.78 is 1.94. The summed E-state index contributed by atoms with van der Waals surface area (Å²) in [7, 11) is 0. The number of hydrogen-bond donors (Lipinski definition) is 2. The van der Waals surface area contributed by atoms with Gasteiger partial charge in [0.25, 0.3) is 11.5 Å². The van der Waals surface area contributed by atoms with Crippen molar-refractivity contribution in [2.24, 2.45) is 0 Å². The van der Waals surface area contributed by atoms with Crippen molar-refractivity contribution in [3.8, 4) is 6.07 Å². The molecule has 0 spiro atoms. The van der Waals surface area contributed by atoms with Crippen molar-refractivity contribution < 1.29 is 4.79 Å². The van der Waals surface area contributed by atoms with Gasteiger partial charge in [0, 0.05) is 40.4 Å². The quantitative estimate of drug-likeness (QED) is 0.543. The van der Waals surface area contributed by atoms with Gasteiger partial charge in [-0.2, -0.15) is 5.26 Å². The van der Waals surface area contributed by atoms with Gasteiger partial charge in [-0.3, -0.25) is 9.59 Å².